The molecule has 3 nitrogen and oxygen atoms in total. The third kappa shape index (κ3) is 5.56. The molecule has 0 aliphatic carbocycles. The van der Waals surface area contributed by atoms with Crippen LogP contribution in [-0.2, 0) is 14.6 Å². The minimum absolute atomic E-state index is 0.0305. The quantitative estimate of drug-likeness (QED) is 0.547. The van der Waals surface area contributed by atoms with E-state index in [9.17, 15) is 9.90 Å². The van der Waals surface area contributed by atoms with Gasteiger partial charge in [0.25, 0.3) is 0 Å². The lowest BCUT2D eigenvalue weighted by atomic mass is 10.2. The SMILES string of the molecule is CC(C)(C)OC(=O)CC[O]. The van der Waals surface area contributed by atoms with Crippen LogP contribution in [0.5, 0.6) is 0 Å². The Morgan fingerprint density at radius 3 is 2.20 bits per heavy atom. The molecule has 59 valence electrons. The number of hydrogen-bond donors (Lipinski definition) is 0. The van der Waals surface area contributed by atoms with Crippen LogP contribution < -0.4 is 0 Å². The maximum atomic E-state index is 10.6. The van der Waals surface area contributed by atoms with Gasteiger partial charge < -0.3 is 4.74 Å². The molecular formula is C7H13O3. The maximum absolute atomic E-state index is 10.6. The molecule has 0 aromatic rings. The van der Waals surface area contributed by atoms with Gasteiger partial charge >= 0.3 is 5.97 Å². The van der Waals surface area contributed by atoms with Crippen molar-refractivity contribution < 1.29 is 14.6 Å². The summed E-state index contributed by atoms with van der Waals surface area (Å²) in [5, 5.41) is 9.93. The van der Waals surface area contributed by atoms with E-state index in [0.717, 1.165) is 0 Å². The first kappa shape index (κ1) is 9.43. The average Bonchev–Trinajstić information content (AvgIpc) is 1.59. The van der Waals surface area contributed by atoms with Crippen LogP contribution in [0.2, 0.25) is 0 Å². The van der Waals surface area contributed by atoms with E-state index < -0.39 is 18.2 Å². The van der Waals surface area contributed by atoms with E-state index in [1.165, 1.54) is 0 Å². The highest BCUT2D eigenvalue weighted by Gasteiger charge is 2.15. The van der Waals surface area contributed by atoms with Crippen LogP contribution in [0.4, 0.5) is 0 Å². The van der Waals surface area contributed by atoms with Crippen LogP contribution in [0.1, 0.15) is 27.2 Å². The first-order chi connectivity index (χ1) is 4.45. The molecule has 10 heavy (non-hydrogen) atoms. The van der Waals surface area contributed by atoms with Crippen molar-refractivity contribution in [3.05, 3.63) is 0 Å². The monoisotopic (exact) mass is 145 g/mol. The molecule has 0 unspecified atom stereocenters. The number of carbonyl (C=O) groups is 1. The fourth-order valence-corrected chi connectivity index (χ4v) is 0.476. The molecule has 0 fully saturated rings. The summed E-state index contributed by atoms with van der Waals surface area (Å²) in [6.07, 6.45) is -0.0305. The van der Waals surface area contributed by atoms with E-state index in [-0.39, 0.29) is 6.42 Å². The van der Waals surface area contributed by atoms with Crippen LogP contribution >= 0.6 is 0 Å². The summed E-state index contributed by atoms with van der Waals surface area (Å²) >= 11 is 0. The van der Waals surface area contributed by atoms with Gasteiger partial charge in [0, 0.05) is 0 Å². The topological polar surface area (TPSA) is 46.2 Å². The molecule has 0 aromatic heterocycles. The van der Waals surface area contributed by atoms with E-state index in [0.29, 0.717) is 0 Å². The van der Waals surface area contributed by atoms with Crippen LogP contribution in [0, 0.1) is 0 Å². The van der Waals surface area contributed by atoms with Crippen LogP contribution in [-0.4, -0.2) is 18.2 Å². The van der Waals surface area contributed by atoms with Crippen molar-refractivity contribution in [1.82, 2.24) is 0 Å². The van der Waals surface area contributed by atoms with Gasteiger partial charge in [-0.05, 0) is 20.8 Å². The Morgan fingerprint density at radius 2 is 1.90 bits per heavy atom. The second kappa shape index (κ2) is 3.56. The molecule has 0 aliphatic heterocycles. The summed E-state index contributed by atoms with van der Waals surface area (Å²) in [7, 11) is 0. The number of hydrogen-bond acceptors (Lipinski definition) is 2. The summed E-state index contributed by atoms with van der Waals surface area (Å²) < 4.78 is 4.84. The Morgan fingerprint density at radius 1 is 1.40 bits per heavy atom. The number of ether oxygens (including phenoxy) is 1. The molecule has 3 heteroatoms. The smallest absolute Gasteiger partial charge is 0.308 e. The fraction of sp³-hybridized carbons (Fsp3) is 0.857. The van der Waals surface area contributed by atoms with Crippen molar-refractivity contribution in [2.24, 2.45) is 0 Å². The second-order valence-corrected chi connectivity index (χ2v) is 3.04. The molecule has 0 bridgehead atoms. The Hall–Kier alpha value is -0.570. The highest BCUT2D eigenvalue weighted by molar-refractivity contribution is 5.69. The van der Waals surface area contributed by atoms with Gasteiger partial charge in [-0.2, -0.15) is 0 Å². The third-order valence-electron chi connectivity index (χ3n) is 0.726. The van der Waals surface area contributed by atoms with Gasteiger partial charge in [-0.25, -0.2) is 5.11 Å². The Balaban J connectivity index is 3.58. The zero-order chi connectivity index (χ0) is 8.20. The minimum atomic E-state index is -0.466. The summed E-state index contributed by atoms with van der Waals surface area (Å²) in [5.41, 5.74) is -0.466. The maximum Gasteiger partial charge on any atom is 0.308 e. The molecule has 0 heterocycles. The van der Waals surface area contributed by atoms with Crippen molar-refractivity contribution in [3.8, 4) is 0 Å². The predicted octanol–water partition coefficient (Wildman–Crippen LogP) is 1.15. The molecule has 0 saturated heterocycles. The molecule has 0 N–H and O–H groups in total. The second-order valence-electron chi connectivity index (χ2n) is 3.04. The Bertz CT molecular complexity index is 113. The van der Waals surface area contributed by atoms with Gasteiger partial charge in [0.2, 0.25) is 0 Å². The number of rotatable bonds is 2. The highest BCUT2D eigenvalue weighted by atomic mass is 16.6. The molecule has 0 atom stereocenters. The van der Waals surface area contributed by atoms with E-state index in [1.54, 1.807) is 20.8 Å². The highest BCUT2D eigenvalue weighted by Crippen LogP contribution is 2.07. The van der Waals surface area contributed by atoms with Gasteiger partial charge in [0.05, 0.1) is 13.0 Å². The summed E-state index contributed by atoms with van der Waals surface area (Å²) in [5.74, 6) is -0.414. The van der Waals surface area contributed by atoms with E-state index in [2.05, 4.69) is 0 Å². The lowest BCUT2D eigenvalue weighted by Crippen LogP contribution is -2.24. The van der Waals surface area contributed by atoms with Crippen LogP contribution in [0.3, 0.4) is 0 Å². The molecule has 0 aliphatic rings. The van der Waals surface area contributed by atoms with Crippen LogP contribution in [0.15, 0.2) is 0 Å². The first-order valence-corrected chi connectivity index (χ1v) is 3.25. The van der Waals surface area contributed by atoms with Crippen molar-refractivity contribution in [1.29, 1.82) is 0 Å². The normalized spacial score (nSPS) is 11.2. The van der Waals surface area contributed by atoms with E-state index in [1.807, 2.05) is 0 Å². The molecule has 0 aromatic carbocycles. The standard InChI is InChI=1S/C7H13O3/c1-7(2,3)10-6(9)4-5-8/h4-5H2,1-3H3. The zero-order valence-electron chi connectivity index (χ0n) is 6.64. The van der Waals surface area contributed by atoms with E-state index >= 15 is 0 Å². The van der Waals surface area contributed by atoms with Crippen molar-refractivity contribution in [3.63, 3.8) is 0 Å². The lowest BCUT2D eigenvalue weighted by Gasteiger charge is -2.18. The van der Waals surface area contributed by atoms with Gasteiger partial charge in [0.15, 0.2) is 0 Å². The van der Waals surface area contributed by atoms with Crippen molar-refractivity contribution >= 4 is 5.97 Å². The molecule has 0 rings (SSSR count). The Labute approximate surface area is 61.0 Å². The van der Waals surface area contributed by atoms with Crippen LogP contribution in [0.25, 0.3) is 0 Å². The number of esters is 1. The van der Waals surface area contributed by atoms with Crippen molar-refractivity contribution in [2.75, 3.05) is 6.61 Å². The van der Waals surface area contributed by atoms with Gasteiger partial charge in [-0.3, -0.25) is 4.79 Å². The summed E-state index contributed by atoms with van der Waals surface area (Å²) in [4.78, 5) is 10.6. The molecule has 0 spiro atoms. The van der Waals surface area contributed by atoms with Gasteiger partial charge in [0.1, 0.15) is 5.60 Å². The molecule has 0 saturated carbocycles. The van der Waals surface area contributed by atoms with Gasteiger partial charge in [-0.1, -0.05) is 0 Å². The van der Waals surface area contributed by atoms with E-state index in [4.69, 9.17) is 4.74 Å². The molecular weight excluding hydrogens is 132 g/mol. The summed E-state index contributed by atoms with van der Waals surface area (Å²) in [6, 6.07) is 0. The largest absolute Gasteiger partial charge is 0.460 e. The molecule has 1 radical (unpaired) electrons. The zero-order valence-corrected chi connectivity index (χ0v) is 6.64. The molecule has 0 amide bonds. The minimum Gasteiger partial charge on any atom is -0.460 e. The van der Waals surface area contributed by atoms with Crippen molar-refractivity contribution in [2.45, 2.75) is 32.8 Å². The average molecular weight is 145 g/mol. The first-order valence-electron chi connectivity index (χ1n) is 3.25. The lowest BCUT2D eigenvalue weighted by molar-refractivity contribution is -0.155. The van der Waals surface area contributed by atoms with Gasteiger partial charge in [-0.15, -0.1) is 0 Å². The fourth-order valence-electron chi connectivity index (χ4n) is 0.476. The Kier molecular flexibility index (Phi) is 3.36. The third-order valence-corrected chi connectivity index (χ3v) is 0.726. The number of carbonyl (C=O) groups excluding carboxylic acids is 1. The predicted molar refractivity (Wildman–Crippen MR) is 36.0 cm³/mol. The summed E-state index contributed by atoms with van der Waals surface area (Å²) in [6.45, 7) is 4.93.